The number of carbonyl (C=O) groups is 1. The normalized spacial score (nSPS) is 20.3. The van der Waals surface area contributed by atoms with Gasteiger partial charge in [0.1, 0.15) is 0 Å². The summed E-state index contributed by atoms with van der Waals surface area (Å²) in [5.41, 5.74) is 3.37. The Morgan fingerprint density at radius 3 is 2.56 bits per heavy atom. The van der Waals surface area contributed by atoms with Gasteiger partial charge >= 0.3 is 0 Å². The van der Waals surface area contributed by atoms with E-state index in [9.17, 15) is 4.79 Å². The van der Waals surface area contributed by atoms with Crippen LogP contribution in [0.1, 0.15) is 75.1 Å². The average Bonchev–Trinajstić information content (AvgIpc) is 2.97. The number of carbonyl (C=O) groups excluding carboxylic acids is 1. The summed E-state index contributed by atoms with van der Waals surface area (Å²) < 4.78 is 0. The lowest BCUT2D eigenvalue weighted by molar-refractivity contribution is 0.0987. The predicted molar refractivity (Wildman–Crippen MR) is 135 cm³/mol. The first kappa shape index (κ1) is 21.8. The Morgan fingerprint density at radius 1 is 0.875 bits per heavy atom. The van der Waals surface area contributed by atoms with Crippen molar-refractivity contribution < 1.29 is 4.79 Å². The zero-order valence-electron chi connectivity index (χ0n) is 19.8. The van der Waals surface area contributed by atoms with Crippen LogP contribution >= 0.6 is 0 Å². The van der Waals surface area contributed by atoms with Gasteiger partial charge in [-0.2, -0.15) is 0 Å². The van der Waals surface area contributed by atoms with Gasteiger partial charge in [-0.15, -0.1) is 0 Å². The maximum Gasteiger partial charge on any atom is 0.259 e. The highest BCUT2D eigenvalue weighted by atomic mass is 16.2. The maximum absolute atomic E-state index is 13.4. The van der Waals surface area contributed by atoms with E-state index in [-0.39, 0.29) is 5.91 Å². The standard InChI is InChI=1S/C28H39N3O/c1-2-3-7-16-29-17-9-18-30(20-19-29)25-14-15-26-27-23(25)12-8-13-24(27)28(32)31(26)21-22-10-5-4-6-11-22/h8,12-15,22H,2-7,9-11,16-21H2,1H3. The van der Waals surface area contributed by atoms with Crippen LogP contribution in [0, 0.1) is 5.92 Å². The summed E-state index contributed by atoms with van der Waals surface area (Å²) in [6.45, 7) is 8.91. The van der Waals surface area contributed by atoms with Crippen LogP contribution in [0.25, 0.3) is 10.8 Å². The summed E-state index contributed by atoms with van der Waals surface area (Å²) in [5.74, 6) is 0.868. The smallest absolute Gasteiger partial charge is 0.259 e. The number of hydrogen-bond donors (Lipinski definition) is 0. The van der Waals surface area contributed by atoms with Crippen molar-refractivity contribution in [3.8, 4) is 0 Å². The van der Waals surface area contributed by atoms with E-state index < -0.39 is 0 Å². The van der Waals surface area contributed by atoms with E-state index in [2.05, 4.69) is 45.9 Å². The topological polar surface area (TPSA) is 26.8 Å². The van der Waals surface area contributed by atoms with Crippen LogP contribution < -0.4 is 9.80 Å². The van der Waals surface area contributed by atoms with Crippen molar-refractivity contribution in [2.45, 2.75) is 64.7 Å². The minimum absolute atomic E-state index is 0.214. The number of hydrogen-bond acceptors (Lipinski definition) is 3. The molecule has 0 aromatic heterocycles. The molecule has 4 heteroatoms. The van der Waals surface area contributed by atoms with E-state index in [0.29, 0.717) is 5.92 Å². The van der Waals surface area contributed by atoms with Gasteiger partial charge in [0, 0.05) is 48.2 Å². The second-order valence-electron chi connectivity index (χ2n) is 10.1. The first-order chi connectivity index (χ1) is 15.8. The molecule has 5 rings (SSSR count). The van der Waals surface area contributed by atoms with Crippen molar-refractivity contribution >= 4 is 28.1 Å². The summed E-state index contributed by atoms with van der Waals surface area (Å²) in [6, 6.07) is 10.9. The van der Waals surface area contributed by atoms with Crippen molar-refractivity contribution in [1.82, 2.24) is 4.90 Å². The molecule has 2 heterocycles. The minimum atomic E-state index is 0.214. The largest absolute Gasteiger partial charge is 0.370 e. The maximum atomic E-state index is 13.4. The van der Waals surface area contributed by atoms with Crippen molar-refractivity contribution in [3.63, 3.8) is 0 Å². The van der Waals surface area contributed by atoms with E-state index in [4.69, 9.17) is 0 Å². The minimum Gasteiger partial charge on any atom is -0.370 e. The zero-order valence-corrected chi connectivity index (χ0v) is 19.8. The van der Waals surface area contributed by atoms with Crippen LogP contribution in [0.2, 0.25) is 0 Å². The second kappa shape index (κ2) is 9.82. The summed E-state index contributed by atoms with van der Waals surface area (Å²) in [6.07, 6.45) is 11.7. The Hall–Kier alpha value is -2.07. The van der Waals surface area contributed by atoms with Crippen LogP contribution in [0.15, 0.2) is 30.3 Å². The molecular formula is C28H39N3O. The lowest BCUT2D eigenvalue weighted by Gasteiger charge is -2.28. The van der Waals surface area contributed by atoms with Crippen LogP contribution in [0.3, 0.4) is 0 Å². The molecule has 2 aromatic rings. The van der Waals surface area contributed by atoms with Gasteiger partial charge in [-0.1, -0.05) is 51.2 Å². The second-order valence-corrected chi connectivity index (χ2v) is 10.1. The molecule has 0 N–H and O–H groups in total. The van der Waals surface area contributed by atoms with Gasteiger partial charge in [-0.3, -0.25) is 4.79 Å². The average molecular weight is 434 g/mol. The fourth-order valence-electron chi connectivity index (χ4n) is 6.14. The lowest BCUT2D eigenvalue weighted by atomic mass is 9.89. The van der Waals surface area contributed by atoms with E-state index in [0.717, 1.165) is 37.4 Å². The fourth-order valence-corrected chi connectivity index (χ4v) is 6.14. The third-order valence-electron chi connectivity index (χ3n) is 7.93. The van der Waals surface area contributed by atoms with Crippen molar-refractivity contribution in [3.05, 3.63) is 35.9 Å². The van der Waals surface area contributed by atoms with E-state index in [1.165, 1.54) is 87.3 Å². The van der Waals surface area contributed by atoms with Crippen molar-refractivity contribution in [2.75, 3.05) is 49.1 Å². The van der Waals surface area contributed by atoms with Gasteiger partial charge in [0.2, 0.25) is 0 Å². The Balaban J connectivity index is 1.38. The number of benzene rings is 2. The van der Waals surface area contributed by atoms with E-state index in [1.54, 1.807) is 0 Å². The summed E-state index contributed by atoms with van der Waals surface area (Å²) in [5, 5.41) is 2.45. The molecule has 2 aliphatic heterocycles. The SMILES string of the molecule is CCCCCN1CCCN(c2ccc3c4c(cccc24)C(=O)N3CC2CCCCC2)CC1. The Labute approximate surface area is 193 Å². The molecule has 1 saturated carbocycles. The molecule has 4 nitrogen and oxygen atoms in total. The van der Waals surface area contributed by atoms with E-state index in [1.807, 2.05) is 6.07 Å². The number of rotatable bonds is 7. The van der Waals surface area contributed by atoms with Crippen LogP contribution in [0.4, 0.5) is 11.4 Å². The summed E-state index contributed by atoms with van der Waals surface area (Å²) in [4.78, 5) is 20.7. The molecule has 2 fully saturated rings. The van der Waals surface area contributed by atoms with Crippen molar-refractivity contribution in [2.24, 2.45) is 5.92 Å². The molecular weight excluding hydrogens is 394 g/mol. The molecule has 3 aliphatic rings. The molecule has 1 amide bonds. The third kappa shape index (κ3) is 4.26. The van der Waals surface area contributed by atoms with Crippen LogP contribution in [0.5, 0.6) is 0 Å². The van der Waals surface area contributed by atoms with Gasteiger partial charge < -0.3 is 14.7 Å². The fraction of sp³-hybridized carbons (Fsp3) is 0.607. The molecule has 0 spiro atoms. The molecule has 172 valence electrons. The Bertz CT molecular complexity index is 949. The number of amides is 1. The molecule has 2 aromatic carbocycles. The predicted octanol–water partition coefficient (Wildman–Crippen LogP) is 6.08. The highest BCUT2D eigenvalue weighted by molar-refractivity contribution is 6.26. The molecule has 0 atom stereocenters. The van der Waals surface area contributed by atoms with Gasteiger partial charge in [-0.25, -0.2) is 0 Å². The molecule has 1 saturated heterocycles. The highest BCUT2D eigenvalue weighted by Gasteiger charge is 2.33. The first-order valence-corrected chi connectivity index (χ1v) is 13.1. The van der Waals surface area contributed by atoms with Gasteiger partial charge in [0.15, 0.2) is 0 Å². The molecule has 0 bridgehead atoms. The Kier molecular flexibility index (Phi) is 6.68. The summed E-state index contributed by atoms with van der Waals surface area (Å²) in [7, 11) is 0. The molecule has 0 unspecified atom stereocenters. The molecule has 32 heavy (non-hydrogen) atoms. The van der Waals surface area contributed by atoms with Gasteiger partial charge in [0.05, 0.1) is 5.69 Å². The quantitative estimate of drug-likeness (QED) is 0.495. The molecule has 1 aliphatic carbocycles. The molecule has 0 radical (unpaired) electrons. The van der Waals surface area contributed by atoms with E-state index >= 15 is 0 Å². The number of unbranched alkanes of at least 4 members (excludes halogenated alkanes) is 2. The van der Waals surface area contributed by atoms with Gasteiger partial charge in [0.25, 0.3) is 5.91 Å². The first-order valence-electron chi connectivity index (χ1n) is 13.1. The monoisotopic (exact) mass is 433 g/mol. The zero-order chi connectivity index (χ0) is 21.9. The lowest BCUT2D eigenvalue weighted by Crippen LogP contribution is -2.33. The number of nitrogens with zero attached hydrogens (tertiary/aromatic N) is 3. The van der Waals surface area contributed by atoms with Crippen molar-refractivity contribution in [1.29, 1.82) is 0 Å². The third-order valence-corrected chi connectivity index (χ3v) is 7.93. The summed E-state index contributed by atoms with van der Waals surface area (Å²) >= 11 is 0. The van der Waals surface area contributed by atoms with Crippen LogP contribution in [-0.2, 0) is 0 Å². The highest BCUT2D eigenvalue weighted by Crippen LogP contribution is 2.42. The van der Waals surface area contributed by atoms with Gasteiger partial charge in [-0.05, 0) is 62.9 Å². The Morgan fingerprint density at radius 2 is 1.72 bits per heavy atom. The number of anilines is 2. The van der Waals surface area contributed by atoms with Crippen LogP contribution in [-0.4, -0.2) is 50.1 Å².